The van der Waals surface area contributed by atoms with Crippen molar-refractivity contribution in [3.63, 3.8) is 0 Å². The number of halogens is 3. The molecule has 2 aromatic carbocycles. The van der Waals surface area contributed by atoms with Gasteiger partial charge >= 0.3 is 6.61 Å². The molecule has 0 saturated heterocycles. The van der Waals surface area contributed by atoms with Gasteiger partial charge in [0.2, 0.25) is 5.91 Å². The van der Waals surface area contributed by atoms with E-state index in [0.29, 0.717) is 10.0 Å². The highest BCUT2D eigenvalue weighted by Gasteiger charge is 2.12. The van der Waals surface area contributed by atoms with Gasteiger partial charge in [-0.1, -0.05) is 28.1 Å². The van der Waals surface area contributed by atoms with Gasteiger partial charge in [0.05, 0.1) is 12.1 Å². The summed E-state index contributed by atoms with van der Waals surface area (Å²) in [6.07, 6.45) is 1.62. The van der Waals surface area contributed by atoms with E-state index in [9.17, 15) is 13.6 Å². The maximum atomic E-state index is 12.5. The molecule has 0 saturated carbocycles. The van der Waals surface area contributed by atoms with Gasteiger partial charge in [0.15, 0.2) is 0 Å². The van der Waals surface area contributed by atoms with Crippen LogP contribution in [0.25, 0.3) is 5.69 Å². The molecular weight excluding hydrogens is 424 g/mol. The second-order valence-corrected chi connectivity index (χ2v) is 6.42. The summed E-state index contributed by atoms with van der Waals surface area (Å²) in [6.45, 7) is -2.86. The molecule has 1 amide bonds. The quantitative estimate of drug-likeness (QED) is 0.614. The Labute approximate surface area is 161 Å². The summed E-state index contributed by atoms with van der Waals surface area (Å²) in [7, 11) is 0. The number of carbonyl (C=O) groups is 1. The van der Waals surface area contributed by atoms with Gasteiger partial charge in [-0.05, 0) is 46.3 Å². The van der Waals surface area contributed by atoms with E-state index in [0.717, 1.165) is 11.3 Å². The predicted octanol–water partition coefficient (Wildman–Crippen LogP) is 2.89. The lowest BCUT2D eigenvalue weighted by Gasteiger charge is -2.12. The monoisotopic (exact) mass is 437 g/mol. The number of aromatic nitrogens is 4. The molecule has 0 aliphatic heterocycles. The minimum absolute atomic E-state index is 0.0271. The van der Waals surface area contributed by atoms with Gasteiger partial charge < -0.3 is 10.1 Å². The molecule has 1 N–H and O–H groups in total. The lowest BCUT2D eigenvalue weighted by Crippen LogP contribution is -2.25. The number of amides is 1. The van der Waals surface area contributed by atoms with Crippen LogP contribution in [0.3, 0.4) is 0 Å². The van der Waals surface area contributed by atoms with Crippen molar-refractivity contribution >= 4 is 21.8 Å². The Balaban J connectivity index is 1.59. The smallest absolute Gasteiger partial charge is 0.387 e. The molecule has 10 heteroatoms. The molecule has 27 heavy (non-hydrogen) atoms. The van der Waals surface area contributed by atoms with Gasteiger partial charge in [-0.25, -0.2) is 4.68 Å². The minimum atomic E-state index is -2.93. The predicted molar refractivity (Wildman–Crippen MR) is 95.5 cm³/mol. The topological polar surface area (TPSA) is 81.9 Å². The van der Waals surface area contributed by atoms with Gasteiger partial charge in [0.25, 0.3) is 0 Å². The number of nitrogens with one attached hydrogen (secondary N) is 1. The summed E-state index contributed by atoms with van der Waals surface area (Å²) in [5.41, 5.74) is 2.02. The van der Waals surface area contributed by atoms with Crippen LogP contribution in [-0.2, 0) is 17.8 Å². The first-order chi connectivity index (χ1) is 13.0. The molecule has 0 aliphatic carbocycles. The summed E-state index contributed by atoms with van der Waals surface area (Å²) in [5.74, 6) is -0.215. The van der Waals surface area contributed by atoms with E-state index in [-0.39, 0.29) is 24.6 Å². The zero-order chi connectivity index (χ0) is 19.2. The highest BCUT2D eigenvalue weighted by atomic mass is 79.9. The second-order valence-electron chi connectivity index (χ2n) is 5.50. The number of tetrazole rings is 1. The van der Waals surface area contributed by atoms with Crippen molar-refractivity contribution in [1.29, 1.82) is 0 Å². The molecule has 0 atom stereocenters. The molecular formula is C17H14BrF2N5O2. The fraction of sp³-hybridized carbons (Fsp3) is 0.176. The highest BCUT2D eigenvalue weighted by molar-refractivity contribution is 9.10. The molecule has 0 fully saturated rings. The number of ether oxygens (including phenoxy) is 1. The molecule has 7 nitrogen and oxygen atoms in total. The van der Waals surface area contributed by atoms with Crippen molar-refractivity contribution in [2.24, 2.45) is 0 Å². The fourth-order valence-corrected chi connectivity index (χ4v) is 2.79. The van der Waals surface area contributed by atoms with Crippen molar-refractivity contribution in [2.45, 2.75) is 19.6 Å². The summed E-state index contributed by atoms with van der Waals surface area (Å²) >= 11 is 3.27. The summed E-state index contributed by atoms with van der Waals surface area (Å²) in [4.78, 5) is 12.2. The average Bonchev–Trinajstić information content (AvgIpc) is 3.17. The molecule has 0 radical (unpaired) electrons. The van der Waals surface area contributed by atoms with Gasteiger partial charge in [-0.3, -0.25) is 4.79 Å². The third-order valence-electron chi connectivity index (χ3n) is 3.63. The van der Waals surface area contributed by atoms with Crippen LogP contribution in [0.1, 0.15) is 11.1 Å². The molecule has 0 spiro atoms. The number of alkyl halides is 2. The van der Waals surface area contributed by atoms with Crippen LogP contribution < -0.4 is 10.1 Å². The lowest BCUT2D eigenvalue weighted by molar-refractivity contribution is -0.120. The molecule has 3 aromatic rings. The van der Waals surface area contributed by atoms with E-state index in [1.54, 1.807) is 36.4 Å². The first-order valence-electron chi connectivity index (χ1n) is 7.83. The average molecular weight is 438 g/mol. The Hall–Kier alpha value is -2.88. The number of nitrogens with zero attached hydrogens (tertiary/aromatic N) is 4. The SMILES string of the molecule is O=C(Cc1ccc(-n2cnnn2)cc1)NCc1cc(Br)ccc1OC(F)F. The molecule has 3 rings (SSSR count). The Kier molecular flexibility index (Phi) is 6.07. The summed E-state index contributed by atoms with van der Waals surface area (Å²) < 4.78 is 31.7. The Morgan fingerprint density at radius 3 is 2.67 bits per heavy atom. The van der Waals surface area contributed by atoms with E-state index in [4.69, 9.17) is 0 Å². The van der Waals surface area contributed by atoms with Crippen molar-refractivity contribution in [2.75, 3.05) is 0 Å². The maximum Gasteiger partial charge on any atom is 0.387 e. The molecule has 0 bridgehead atoms. The molecule has 0 unspecified atom stereocenters. The normalized spacial score (nSPS) is 10.8. The Morgan fingerprint density at radius 2 is 2.00 bits per heavy atom. The van der Waals surface area contributed by atoms with Gasteiger partial charge in [-0.15, -0.1) is 5.10 Å². The van der Waals surface area contributed by atoms with Gasteiger partial charge in [0, 0.05) is 16.6 Å². The van der Waals surface area contributed by atoms with E-state index in [1.165, 1.54) is 17.1 Å². The van der Waals surface area contributed by atoms with Crippen molar-refractivity contribution < 1.29 is 18.3 Å². The van der Waals surface area contributed by atoms with Crippen LogP contribution in [0.4, 0.5) is 8.78 Å². The first kappa shape index (κ1) is 18.9. The first-order valence-corrected chi connectivity index (χ1v) is 8.63. The Bertz CT molecular complexity index is 904. The van der Waals surface area contributed by atoms with Crippen molar-refractivity contribution in [1.82, 2.24) is 25.5 Å². The maximum absolute atomic E-state index is 12.5. The van der Waals surface area contributed by atoms with Crippen LogP contribution in [0, 0.1) is 0 Å². The van der Waals surface area contributed by atoms with E-state index in [2.05, 4.69) is 41.5 Å². The van der Waals surface area contributed by atoms with Gasteiger partial charge in [-0.2, -0.15) is 8.78 Å². The second kappa shape index (κ2) is 8.67. The van der Waals surface area contributed by atoms with Crippen LogP contribution in [0.2, 0.25) is 0 Å². The minimum Gasteiger partial charge on any atom is -0.434 e. The zero-order valence-electron chi connectivity index (χ0n) is 13.8. The van der Waals surface area contributed by atoms with Crippen LogP contribution in [0.15, 0.2) is 53.3 Å². The number of carbonyl (C=O) groups excluding carboxylic acids is 1. The van der Waals surface area contributed by atoms with Crippen LogP contribution in [0.5, 0.6) is 5.75 Å². The molecule has 0 aliphatic rings. The number of hydrogen-bond acceptors (Lipinski definition) is 5. The number of hydrogen-bond donors (Lipinski definition) is 1. The van der Waals surface area contributed by atoms with Crippen molar-refractivity contribution in [3.8, 4) is 11.4 Å². The van der Waals surface area contributed by atoms with E-state index < -0.39 is 6.61 Å². The molecule has 1 heterocycles. The number of rotatable bonds is 7. The van der Waals surface area contributed by atoms with Crippen molar-refractivity contribution in [3.05, 3.63) is 64.4 Å². The van der Waals surface area contributed by atoms with E-state index >= 15 is 0 Å². The third-order valence-corrected chi connectivity index (χ3v) is 4.12. The highest BCUT2D eigenvalue weighted by Crippen LogP contribution is 2.24. The van der Waals surface area contributed by atoms with E-state index in [1.807, 2.05) is 0 Å². The van der Waals surface area contributed by atoms with Crippen LogP contribution >= 0.6 is 15.9 Å². The number of benzene rings is 2. The lowest BCUT2D eigenvalue weighted by atomic mass is 10.1. The fourth-order valence-electron chi connectivity index (χ4n) is 2.38. The Morgan fingerprint density at radius 1 is 1.22 bits per heavy atom. The third kappa shape index (κ3) is 5.30. The molecule has 1 aromatic heterocycles. The zero-order valence-corrected chi connectivity index (χ0v) is 15.4. The van der Waals surface area contributed by atoms with Crippen LogP contribution in [-0.4, -0.2) is 32.7 Å². The summed E-state index contributed by atoms with van der Waals surface area (Å²) in [5, 5.41) is 13.6. The van der Waals surface area contributed by atoms with Gasteiger partial charge in [0.1, 0.15) is 12.1 Å². The largest absolute Gasteiger partial charge is 0.434 e. The standard InChI is InChI=1S/C17H14BrF2N5O2/c18-13-3-6-15(27-17(19)20)12(8-13)9-21-16(26)7-11-1-4-14(5-2-11)25-10-22-23-24-25/h1-6,8,10,17H,7,9H2,(H,21,26). The molecule has 140 valence electrons. The summed E-state index contributed by atoms with van der Waals surface area (Å²) in [6, 6.07) is 11.8.